The molecule has 0 radical (unpaired) electrons. The van der Waals surface area contributed by atoms with E-state index in [0.717, 1.165) is 29.9 Å². The summed E-state index contributed by atoms with van der Waals surface area (Å²) in [6.45, 7) is 6.69. The van der Waals surface area contributed by atoms with Gasteiger partial charge in [0.25, 0.3) is 0 Å². The number of hydrogen-bond acceptors (Lipinski definition) is 4. The average molecular weight is 248 g/mol. The lowest BCUT2D eigenvalue weighted by Crippen LogP contribution is -2.20. The molecular formula is C14H24N4. The van der Waals surface area contributed by atoms with E-state index < -0.39 is 0 Å². The van der Waals surface area contributed by atoms with Gasteiger partial charge in [0.05, 0.1) is 0 Å². The number of aromatic nitrogens is 3. The molecule has 0 bridgehead atoms. The van der Waals surface area contributed by atoms with Crippen molar-refractivity contribution >= 4 is 5.95 Å². The lowest BCUT2D eigenvalue weighted by Gasteiger charge is -2.30. The summed E-state index contributed by atoms with van der Waals surface area (Å²) in [5.74, 6) is 4.26. The van der Waals surface area contributed by atoms with E-state index in [2.05, 4.69) is 28.8 Å². The van der Waals surface area contributed by atoms with Crippen LogP contribution in [0.2, 0.25) is 0 Å². The Morgan fingerprint density at radius 2 is 1.78 bits per heavy atom. The van der Waals surface area contributed by atoms with Gasteiger partial charge in [-0.2, -0.15) is 9.97 Å². The molecule has 0 saturated heterocycles. The third-order valence-corrected chi connectivity index (χ3v) is 4.11. The summed E-state index contributed by atoms with van der Waals surface area (Å²) in [5.41, 5.74) is 5.75. The molecule has 1 fully saturated rings. The molecule has 1 aromatic rings. The van der Waals surface area contributed by atoms with Crippen molar-refractivity contribution in [3.8, 4) is 0 Å². The summed E-state index contributed by atoms with van der Waals surface area (Å²) in [7, 11) is 0. The zero-order valence-electron chi connectivity index (χ0n) is 11.7. The molecule has 0 unspecified atom stereocenters. The van der Waals surface area contributed by atoms with Gasteiger partial charge in [-0.05, 0) is 37.5 Å². The Kier molecular flexibility index (Phi) is 4.15. The van der Waals surface area contributed by atoms with Crippen LogP contribution in [0.25, 0.3) is 0 Å². The highest BCUT2D eigenvalue weighted by Crippen LogP contribution is 2.37. The molecule has 1 aliphatic rings. The number of anilines is 1. The lowest BCUT2D eigenvalue weighted by atomic mass is 9.77. The predicted octanol–water partition coefficient (Wildman–Crippen LogP) is 2.95. The molecule has 0 atom stereocenters. The molecule has 4 heteroatoms. The summed E-state index contributed by atoms with van der Waals surface area (Å²) in [6.07, 6.45) is 5.77. The molecule has 2 N–H and O–H groups in total. The number of nitrogens with zero attached hydrogens (tertiary/aromatic N) is 3. The standard InChI is InChI=1S/C14H24N4/c1-4-12-16-13(18-14(15)17-12)11-7-5-10(6-8-11)9(2)3/h9-11H,4-8H2,1-3H3,(H2,15,16,17,18). The van der Waals surface area contributed by atoms with Crippen LogP contribution < -0.4 is 5.73 Å². The second-order valence-electron chi connectivity index (χ2n) is 5.68. The minimum atomic E-state index is 0.378. The molecule has 0 amide bonds. The zero-order valence-corrected chi connectivity index (χ0v) is 11.7. The van der Waals surface area contributed by atoms with Crippen molar-refractivity contribution < 1.29 is 0 Å². The van der Waals surface area contributed by atoms with Gasteiger partial charge in [0.2, 0.25) is 5.95 Å². The van der Waals surface area contributed by atoms with Crippen LogP contribution in [-0.2, 0) is 6.42 Å². The molecular weight excluding hydrogens is 224 g/mol. The van der Waals surface area contributed by atoms with Crippen LogP contribution in [0.1, 0.15) is 64.0 Å². The summed E-state index contributed by atoms with van der Waals surface area (Å²) < 4.78 is 0. The fourth-order valence-corrected chi connectivity index (χ4v) is 2.84. The number of nitrogens with two attached hydrogens (primary N) is 1. The second-order valence-corrected chi connectivity index (χ2v) is 5.68. The molecule has 100 valence electrons. The third kappa shape index (κ3) is 2.98. The quantitative estimate of drug-likeness (QED) is 0.893. The van der Waals surface area contributed by atoms with Crippen LogP contribution in [0.15, 0.2) is 0 Å². The van der Waals surface area contributed by atoms with Crippen molar-refractivity contribution in [3.63, 3.8) is 0 Å². The Balaban J connectivity index is 2.07. The van der Waals surface area contributed by atoms with E-state index >= 15 is 0 Å². The van der Waals surface area contributed by atoms with Crippen LogP contribution in [0, 0.1) is 11.8 Å². The zero-order chi connectivity index (χ0) is 13.1. The predicted molar refractivity (Wildman–Crippen MR) is 73.2 cm³/mol. The number of aryl methyl sites for hydroxylation is 1. The summed E-state index contributed by atoms with van der Waals surface area (Å²) >= 11 is 0. The first-order chi connectivity index (χ1) is 8.60. The number of nitrogen functional groups attached to an aromatic ring is 1. The van der Waals surface area contributed by atoms with Gasteiger partial charge in [-0.15, -0.1) is 0 Å². The Morgan fingerprint density at radius 3 is 2.33 bits per heavy atom. The molecule has 18 heavy (non-hydrogen) atoms. The van der Waals surface area contributed by atoms with E-state index in [4.69, 9.17) is 5.73 Å². The molecule has 4 nitrogen and oxygen atoms in total. The Bertz CT molecular complexity index is 395. The van der Waals surface area contributed by atoms with Crippen molar-refractivity contribution in [3.05, 3.63) is 11.6 Å². The van der Waals surface area contributed by atoms with Crippen molar-refractivity contribution in [1.29, 1.82) is 0 Å². The van der Waals surface area contributed by atoms with Gasteiger partial charge in [-0.25, -0.2) is 4.98 Å². The van der Waals surface area contributed by atoms with Crippen molar-refractivity contribution in [1.82, 2.24) is 15.0 Å². The Labute approximate surface area is 109 Å². The molecule has 0 aromatic carbocycles. The maximum atomic E-state index is 5.75. The van der Waals surface area contributed by atoms with Gasteiger partial charge < -0.3 is 5.73 Å². The van der Waals surface area contributed by atoms with Gasteiger partial charge >= 0.3 is 0 Å². The maximum absolute atomic E-state index is 5.75. The van der Waals surface area contributed by atoms with Gasteiger partial charge in [0, 0.05) is 12.3 Å². The highest BCUT2D eigenvalue weighted by Gasteiger charge is 2.26. The Hall–Kier alpha value is -1.19. The highest BCUT2D eigenvalue weighted by molar-refractivity contribution is 5.17. The minimum absolute atomic E-state index is 0.378. The third-order valence-electron chi connectivity index (χ3n) is 4.11. The van der Waals surface area contributed by atoms with E-state index in [1.54, 1.807) is 0 Å². The van der Waals surface area contributed by atoms with Crippen molar-refractivity contribution in [2.45, 2.75) is 58.8 Å². The monoisotopic (exact) mass is 248 g/mol. The van der Waals surface area contributed by atoms with Crippen molar-refractivity contribution in [2.24, 2.45) is 11.8 Å². The van der Waals surface area contributed by atoms with E-state index in [9.17, 15) is 0 Å². The largest absolute Gasteiger partial charge is 0.368 e. The molecule has 0 aliphatic heterocycles. The lowest BCUT2D eigenvalue weighted by molar-refractivity contribution is 0.254. The van der Waals surface area contributed by atoms with Crippen LogP contribution >= 0.6 is 0 Å². The van der Waals surface area contributed by atoms with Crippen LogP contribution in [0.5, 0.6) is 0 Å². The smallest absolute Gasteiger partial charge is 0.223 e. The van der Waals surface area contributed by atoms with E-state index in [1.807, 2.05) is 6.92 Å². The highest BCUT2D eigenvalue weighted by atomic mass is 15.1. The molecule has 1 saturated carbocycles. The minimum Gasteiger partial charge on any atom is -0.368 e. The number of rotatable bonds is 3. The maximum Gasteiger partial charge on any atom is 0.223 e. The van der Waals surface area contributed by atoms with Crippen LogP contribution in [0.3, 0.4) is 0 Å². The van der Waals surface area contributed by atoms with Crippen molar-refractivity contribution in [2.75, 3.05) is 5.73 Å². The van der Waals surface area contributed by atoms with Crippen LogP contribution in [0.4, 0.5) is 5.95 Å². The molecule has 1 aromatic heterocycles. The topological polar surface area (TPSA) is 64.7 Å². The van der Waals surface area contributed by atoms with Gasteiger partial charge in [-0.1, -0.05) is 20.8 Å². The normalized spacial score (nSPS) is 24.4. The average Bonchev–Trinajstić information content (AvgIpc) is 2.38. The van der Waals surface area contributed by atoms with Gasteiger partial charge in [0.15, 0.2) is 0 Å². The second kappa shape index (κ2) is 5.63. The molecule has 1 heterocycles. The van der Waals surface area contributed by atoms with Crippen LogP contribution in [-0.4, -0.2) is 15.0 Å². The summed E-state index contributed by atoms with van der Waals surface area (Å²) in [4.78, 5) is 13.0. The van der Waals surface area contributed by atoms with Gasteiger partial charge in [-0.3, -0.25) is 0 Å². The Morgan fingerprint density at radius 1 is 1.11 bits per heavy atom. The summed E-state index contributed by atoms with van der Waals surface area (Å²) in [5, 5.41) is 0. The van der Waals surface area contributed by atoms with E-state index in [1.165, 1.54) is 25.7 Å². The molecule has 1 aliphatic carbocycles. The van der Waals surface area contributed by atoms with Gasteiger partial charge in [0.1, 0.15) is 11.6 Å². The molecule has 2 rings (SSSR count). The fraction of sp³-hybridized carbons (Fsp3) is 0.786. The summed E-state index contributed by atoms with van der Waals surface area (Å²) in [6, 6.07) is 0. The van der Waals surface area contributed by atoms with E-state index in [-0.39, 0.29) is 0 Å². The fourth-order valence-electron chi connectivity index (χ4n) is 2.84. The van der Waals surface area contributed by atoms with E-state index in [0.29, 0.717) is 11.9 Å². The molecule has 0 spiro atoms. The first-order valence-electron chi connectivity index (χ1n) is 7.10. The first-order valence-corrected chi connectivity index (χ1v) is 7.10. The number of hydrogen-bond donors (Lipinski definition) is 1. The SMILES string of the molecule is CCc1nc(N)nc(C2CCC(C(C)C)CC2)n1. The first kappa shape index (κ1) is 13.2.